The Hall–Kier alpha value is -5.71. The maximum atomic E-state index is 12.4. The molecule has 0 aromatic heterocycles. The highest BCUT2D eigenvalue weighted by atomic mass is 16.6. The molecule has 0 saturated carbocycles. The van der Waals surface area contributed by atoms with Gasteiger partial charge in [-0.3, -0.25) is 0 Å². The van der Waals surface area contributed by atoms with Gasteiger partial charge in [-0.1, -0.05) is 42.5 Å². The van der Waals surface area contributed by atoms with Gasteiger partial charge in [-0.2, -0.15) is 0 Å². The van der Waals surface area contributed by atoms with Gasteiger partial charge in [0, 0.05) is 17.9 Å². The van der Waals surface area contributed by atoms with Crippen molar-refractivity contribution in [2.75, 3.05) is 20.8 Å². The number of fused-ring (bicyclic) bond motifs is 1. The van der Waals surface area contributed by atoms with E-state index in [1.54, 1.807) is 70.3 Å². The standard InChI is InChI=1S/C40H43NO10/c1-40(2,3)51-39(45)41-33(37(42)43)19-25-11-14-30(15-12-25)50-36-29(21-28-20-27(38(44)47-5)13-17-34(28)46-4)24-49-35-18-16-31(22-32(35)36)48-23-26-9-7-6-8-10-26/h6-18,20,22,29,33,36H,19,21,23-24H2,1-5H3,(H,41,45)(H,42,43)/t29-,33+,36-/m1/s1. The number of esters is 1. The van der Waals surface area contributed by atoms with Crippen LogP contribution < -0.4 is 24.3 Å². The minimum atomic E-state index is -1.19. The van der Waals surface area contributed by atoms with Crippen LogP contribution in [0.25, 0.3) is 0 Å². The molecule has 5 rings (SSSR count). The van der Waals surface area contributed by atoms with Crippen LogP contribution in [0.2, 0.25) is 0 Å². The van der Waals surface area contributed by atoms with E-state index >= 15 is 0 Å². The van der Waals surface area contributed by atoms with E-state index in [4.69, 9.17) is 28.4 Å². The second-order valence-electron chi connectivity index (χ2n) is 13.2. The molecule has 268 valence electrons. The molecule has 1 aliphatic rings. The largest absolute Gasteiger partial charge is 0.496 e. The Morgan fingerprint density at radius 1 is 0.902 bits per heavy atom. The van der Waals surface area contributed by atoms with Gasteiger partial charge in [-0.05, 0) is 92.4 Å². The van der Waals surface area contributed by atoms with E-state index in [0.717, 1.165) is 16.7 Å². The summed E-state index contributed by atoms with van der Waals surface area (Å²) in [7, 11) is 2.91. The fraction of sp³-hybridized carbons (Fsp3) is 0.325. The van der Waals surface area contributed by atoms with Gasteiger partial charge in [0.05, 0.1) is 26.4 Å². The minimum absolute atomic E-state index is 0.0377. The van der Waals surface area contributed by atoms with Crippen molar-refractivity contribution in [2.45, 2.75) is 58.0 Å². The number of hydrogen-bond donors (Lipinski definition) is 2. The van der Waals surface area contributed by atoms with Crippen molar-refractivity contribution >= 4 is 18.0 Å². The van der Waals surface area contributed by atoms with Gasteiger partial charge in [0.1, 0.15) is 47.4 Å². The summed E-state index contributed by atoms with van der Waals surface area (Å²) in [5, 5.41) is 12.2. The average Bonchev–Trinajstić information content (AvgIpc) is 3.11. The van der Waals surface area contributed by atoms with Crippen LogP contribution >= 0.6 is 0 Å². The molecule has 0 bridgehead atoms. The molecule has 1 heterocycles. The zero-order valence-corrected chi connectivity index (χ0v) is 29.3. The topological polar surface area (TPSA) is 139 Å². The highest BCUT2D eigenvalue weighted by molar-refractivity contribution is 5.89. The molecule has 0 unspecified atom stereocenters. The number of benzene rings is 4. The van der Waals surface area contributed by atoms with Crippen molar-refractivity contribution in [1.82, 2.24) is 5.32 Å². The molecule has 0 radical (unpaired) electrons. The summed E-state index contributed by atoms with van der Waals surface area (Å²) in [6, 6.07) is 26.5. The third kappa shape index (κ3) is 9.94. The molecule has 0 aliphatic carbocycles. The van der Waals surface area contributed by atoms with Gasteiger partial charge in [-0.15, -0.1) is 0 Å². The van der Waals surface area contributed by atoms with E-state index in [2.05, 4.69) is 5.32 Å². The van der Waals surface area contributed by atoms with Gasteiger partial charge < -0.3 is 38.8 Å². The number of aliphatic carboxylic acids is 1. The first-order valence-corrected chi connectivity index (χ1v) is 16.6. The second-order valence-corrected chi connectivity index (χ2v) is 13.2. The molecule has 0 saturated heterocycles. The van der Waals surface area contributed by atoms with Crippen molar-refractivity contribution in [3.8, 4) is 23.0 Å². The van der Waals surface area contributed by atoms with Crippen molar-refractivity contribution in [2.24, 2.45) is 5.92 Å². The summed E-state index contributed by atoms with van der Waals surface area (Å²) in [5.41, 5.74) is 2.91. The molecular formula is C40H43NO10. The Morgan fingerprint density at radius 3 is 2.29 bits per heavy atom. The predicted molar refractivity (Wildman–Crippen MR) is 189 cm³/mol. The number of carbonyl (C=O) groups excluding carboxylic acids is 2. The monoisotopic (exact) mass is 697 g/mol. The lowest BCUT2D eigenvalue weighted by molar-refractivity contribution is -0.139. The SMILES string of the molecule is COC(=O)c1ccc(OC)c(C[C@@H]2COc3ccc(OCc4ccccc4)cc3[C@@H]2Oc2ccc(C[C@H](NC(=O)OC(C)(C)C)C(=O)O)cc2)c1. The smallest absolute Gasteiger partial charge is 0.408 e. The highest BCUT2D eigenvalue weighted by Crippen LogP contribution is 2.42. The average molecular weight is 698 g/mol. The lowest BCUT2D eigenvalue weighted by atomic mass is 9.87. The van der Waals surface area contributed by atoms with Crippen LogP contribution in [-0.4, -0.2) is 55.6 Å². The van der Waals surface area contributed by atoms with Crippen LogP contribution in [-0.2, 0) is 33.7 Å². The Bertz CT molecular complexity index is 1820. The molecule has 2 N–H and O–H groups in total. The maximum absolute atomic E-state index is 12.4. The molecule has 4 aromatic carbocycles. The van der Waals surface area contributed by atoms with E-state index in [1.165, 1.54) is 7.11 Å². The number of methoxy groups -OCH3 is 2. The normalized spacial score (nSPS) is 15.7. The number of nitrogens with one attached hydrogen (secondary N) is 1. The first-order chi connectivity index (χ1) is 24.4. The fourth-order valence-electron chi connectivity index (χ4n) is 5.78. The number of carboxylic acid groups (broad SMARTS) is 1. The Kier molecular flexibility index (Phi) is 11.7. The Balaban J connectivity index is 1.41. The Labute approximate surface area is 297 Å². The lowest BCUT2D eigenvalue weighted by Gasteiger charge is -2.34. The number of carboxylic acids is 1. The zero-order chi connectivity index (χ0) is 36.5. The third-order valence-corrected chi connectivity index (χ3v) is 8.22. The summed E-state index contributed by atoms with van der Waals surface area (Å²) in [5.74, 6) is 0.603. The van der Waals surface area contributed by atoms with Gasteiger partial charge in [0.2, 0.25) is 0 Å². The van der Waals surface area contributed by atoms with E-state index in [-0.39, 0.29) is 12.3 Å². The van der Waals surface area contributed by atoms with Crippen molar-refractivity contribution in [3.05, 3.63) is 119 Å². The zero-order valence-electron chi connectivity index (χ0n) is 29.3. The van der Waals surface area contributed by atoms with Crippen LogP contribution in [0, 0.1) is 5.92 Å². The van der Waals surface area contributed by atoms with E-state index in [0.29, 0.717) is 53.8 Å². The fourth-order valence-corrected chi connectivity index (χ4v) is 5.78. The molecular weight excluding hydrogens is 654 g/mol. The number of amides is 1. The molecule has 11 heteroatoms. The number of rotatable bonds is 13. The maximum Gasteiger partial charge on any atom is 0.408 e. The second kappa shape index (κ2) is 16.3. The van der Waals surface area contributed by atoms with E-state index < -0.39 is 35.8 Å². The van der Waals surface area contributed by atoms with Gasteiger partial charge in [0.25, 0.3) is 0 Å². The van der Waals surface area contributed by atoms with Crippen molar-refractivity contribution < 1.29 is 47.9 Å². The third-order valence-electron chi connectivity index (χ3n) is 8.22. The minimum Gasteiger partial charge on any atom is -0.496 e. The lowest BCUT2D eigenvalue weighted by Crippen LogP contribution is -2.44. The molecule has 1 aliphatic heterocycles. The molecule has 0 spiro atoms. The van der Waals surface area contributed by atoms with Crippen LogP contribution in [0.5, 0.6) is 23.0 Å². The molecule has 3 atom stereocenters. The van der Waals surface area contributed by atoms with Gasteiger partial charge in [0.15, 0.2) is 0 Å². The molecule has 1 amide bonds. The van der Waals surface area contributed by atoms with Crippen molar-refractivity contribution in [1.29, 1.82) is 0 Å². The van der Waals surface area contributed by atoms with Crippen LogP contribution in [0.1, 0.15) is 59.5 Å². The number of alkyl carbamates (subject to hydrolysis) is 1. The first kappa shape index (κ1) is 36.6. The van der Waals surface area contributed by atoms with Crippen LogP contribution in [0.15, 0.2) is 91.0 Å². The van der Waals surface area contributed by atoms with Crippen LogP contribution in [0.3, 0.4) is 0 Å². The summed E-state index contributed by atoms with van der Waals surface area (Å²) in [6.07, 6.45) is -0.829. The predicted octanol–water partition coefficient (Wildman–Crippen LogP) is 6.95. The molecule has 0 fully saturated rings. The number of ether oxygens (including phenoxy) is 6. The van der Waals surface area contributed by atoms with Gasteiger partial charge >= 0.3 is 18.0 Å². The number of carbonyl (C=O) groups is 3. The summed E-state index contributed by atoms with van der Waals surface area (Å²) in [4.78, 5) is 36.6. The quantitative estimate of drug-likeness (QED) is 0.141. The Morgan fingerprint density at radius 2 is 1.63 bits per heavy atom. The highest BCUT2D eigenvalue weighted by Gasteiger charge is 2.35. The van der Waals surface area contributed by atoms with E-state index in [1.807, 2.05) is 48.5 Å². The molecule has 11 nitrogen and oxygen atoms in total. The van der Waals surface area contributed by atoms with Gasteiger partial charge in [-0.25, -0.2) is 14.4 Å². The summed E-state index contributed by atoms with van der Waals surface area (Å²) >= 11 is 0. The van der Waals surface area contributed by atoms with Crippen LogP contribution in [0.4, 0.5) is 4.79 Å². The molecule has 4 aromatic rings. The van der Waals surface area contributed by atoms with E-state index in [9.17, 15) is 19.5 Å². The number of hydrogen-bond acceptors (Lipinski definition) is 9. The first-order valence-electron chi connectivity index (χ1n) is 16.6. The summed E-state index contributed by atoms with van der Waals surface area (Å²) < 4.78 is 35.0. The van der Waals surface area contributed by atoms with Crippen molar-refractivity contribution in [3.63, 3.8) is 0 Å². The molecule has 51 heavy (non-hydrogen) atoms. The summed E-state index contributed by atoms with van der Waals surface area (Å²) in [6.45, 7) is 5.82.